The smallest absolute Gasteiger partial charge is 0.270 e. The van der Waals surface area contributed by atoms with E-state index >= 15 is 0 Å². The lowest BCUT2D eigenvalue weighted by molar-refractivity contribution is 0.0932. The van der Waals surface area contributed by atoms with Gasteiger partial charge in [0.25, 0.3) is 5.91 Å². The quantitative estimate of drug-likeness (QED) is 0.879. The zero-order chi connectivity index (χ0) is 14.5. The summed E-state index contributed by atoms with van der Waals surface area (Å²) in [6, 6.07) is 5.71. The second kappa shape index (κ2) is 6.67. The Labute approximate surface area is 127 Å². The first-order valence-corrected chi connectivity index (χ1v) is 7.85. The molecule has 0 spiro atoms. The first-order valence-electron chi connectivity index (χ1n) is 7.03. The average molecular weight is 300 g/mol. The molecule has 1 aliphatic carbocycles. The standard InChI is InChI=1S/C15H16N4OS/c20-14(19-11-4-1-2-5-11)13-10-12(6-9-16-13)21-15-17-7-3-8-18-15/h3,6-11H,1-2,4-5H2,(H,19,20). The van der Waals surface area contributed by atoms with Crippen LogP contribution >= 0.6 is 11.8 Å². The van der Waals surface area contributed by atoms with Crippen molar-refractivity contribution in [1.29, 1.82) is 0 Å². The van der Waals surface area contributed by atoms with Gasteiger partial charge in [-0.2, -0.15) is 0 Å². The molecule has 1 fully saturated rings. The highest BCUT2D eigenvalue weighted by molar-refractivity contribution is 7.99. The number of nitrogens with zero attached hydrogens (tertiary/aromatic N) is 3. The summed E-state index contributed by atoms with van der Waals surface area (Å²) in [5.74, 6) is -0.0988. The number of aromatic nitrogens is 3. The van der Waals surface area contributed by atoms with E-state index in [4.69, 9.17) is 0 Å². The number of amides is 1. The van der Waals surface area contributed by atoms with Gasteiger partial charge in [0.1, 0.15) is 5.69 Å². The molecule has 1 amide bonds. The average Bonchev–Trinajstić information content (AvgIpc) is 3.01. The van der Waals surface area contributed by atoms with Gasteiger partial charge < -0.3 is 5.32 Å². The van der Waals surface area contributed by atoms with Crippen LogP contribution in [-0.4, -0.2) is 26.9 Å². The van der Waals surface area contributed by atoms with Gasteiger partial charge in [-0.1, -0.05) is 12.8 Å². The first-order chi connectivity index (χ1) is 10.3. The SMILES string of the molecule is O=C(NC1CCCC1)c1cc(Sc2ncccn2)ccn1. The van der Waals surface area contributed by atoms with Crippen molar-refractivity contribution in [3.8, 4) is 0 Å². The monoisotopic (exact) mass is 300 g/mol. The molecule has 2 aromatic heterocycles. The molecule has 0 atom stereocenters. The summed E-state index contributed by atoms with van der Waals surface area (Å²) in [5.41, 5.74) is 0.447. The molecule has 2 aromatic rings. The summed E-state index contributed by atoms with van der Waals surface area (Å²) in [7, 11) is 0. The predicted molar refractivity (Wildman–Crippen MR) is 80.1 cm³/mol. The number of carbonyl (C=O) groups is 1. The fourth-order valence-electron chi connectivity index (χ4n) is 2.37. The van der Waals surface area contributed by atoms with Crippen molar-refractivity contribution in [3.63, 3.8) is 0 Å². The van der Waals surface area contributed by atoms with Crippen LogP contribution in [-0.2, 0) is 0 Å². The largest absolute Gasteiger partial charge is 0.348 e. The van der Waals surface area contributed by atoms with Crippen molar-refractivity contribution in [2.45, 2.75) is 41.8 Å². The summed E-state index contributed by atoms with van der Waals surface area (Å²) < 4.78 is 0. The third-order valence-electron chi connectivity index (χ3n) is 3.41. The Morgan fingerprint density at radius 2 is 1.90 bits per heavy atom. The molecule has 6 heteroatoms. The van der Waals surface area contributed by atoms with Crippen LogP contribution in [0.5, 0.6) is 0 Å². The molecule has 5 nitrogen and oxygen atoms in total. The second-order valence-electron chi connectivity index (χ2n) is 4.97. The maximum absolute atomic E-state index is 12.2. The number of hydrogen-bond donors (Lipinski definition) is 1. The lowest BCUT2D eigenvalue weighted by Crippen LogP contribution is -2.33. The number of nitrogens with one attached hydrogen (secondary N) is 1. The third-order valence-corrected chi connectivity index (χ3v) is 4.29. The minimum absolute atomic E-state index is 0.0988. The first kappa shape index (κ1) is 14.0. The number of hydrogen-bond acceptors (Lipinski definition) is 5. The maximum Gasteiger partial charge on any atom is 0.270 e. The lowest BCUT2D eigenvalue weighted by Gasteiger charge is -2.11. The van der Waals surface area contributed by atoms with Crippen LogP contribution in [0.4, 0.5) is 0 Å². The third kappa shape index (κ3) is 3.78. The van der Waals surface area contributed by atoms with Crippen LogP contribution in [0.3, 0.4) is 0 Å². The van der Waals surface area contributed by atoms with Gasteiger partial charge in [-0.15, -0.1) is 0 Å². The molecule has 0 unspecified atom stereocenters. The van der Waals surface area contributed by atoms with Gasteiger partial charge in [-0.05, 0) is 42.8 Å². The van der Waals surface area contributed by atoms with E-state index in [1.165, 1.54) is 24.6 Å². The zero-order valence-electron chi connectivity index (χ0n) is 11.5. The van der Waals surface area contributed by atoms with Gasteiger partial charge in [0, 0.05) is 29.5 Å². The van der Waals surface area contributed by atoms with E-state index < -0.39 is 0 Å². The van der Waals surface area contributed by atoms with Crippen LogP contribution in [0.1, 0.15) is 36.2 Å². The highest BCUT2D eigenvalue weighted by atomic mass is 32.2. The molecule has 108 valence electrons. The van der Waals surface area contributed by atoms with Crippen LogP contribution in [0.15, 0.2) is 46.8 Å². The Hall–Kier alpha value is -1.95. The Kier molecular flexibility index (Phi) is 4.45. The summed E-state index contributed by atoms with van der Waals surface area (Å²) in [6.07, 6.45) is 9.57. The van der Waals surface area contributed by atoms with E-state index in [9.17, 15) is 4.79 Å². The molecule has 1 saturated carbocycles. The number of carbonyl (C=O) groups excluding carboxylic acids is 1. The van der Waals surface area contributed by atoms with Crippen LogP contribution in [0, 0.1) is 0 Å². The number of rotatable bonds is 4. The van der Waals surface area contributed by atoms with E-state index in [1.54, 1.807) is 30.7 Å². The van der Waals surface area contributed by atoms with Crippen LogP contribution in [0.25, 0.3) is 0 Å². The zero-order valence-corrected chi connectivity index (χ0v) is 12.3. The Morgan fingerprint density at radius 1 is 1.14 bits per heavy atom. The molecule has 1 N–H and O–H groups in total. The maximum atomic E-state index is 12.2. The van der Waals surface area contributed by atoms with Gasteiger partial charge in [0.2, 0.25) is 0 Å². The molecule has 3 rings (SSSR count). The fraction of sp³-hybridized carbons (Fsp3) is 0.333. The molecule has 21 heavy (non-hydrogen) atoms. The van der Waals surface area contributed by atoms with Crippen molar-refractivity contribution in [1.82, 2.24) is 20.3 Å². The highest BCUT2D eigenvalue weighted by Gasteiger charge is 2.18. The normalized spacial score (nSPS) is 15.0. The molecule has 0 bridgehead atoms. The highest BCUT2D eigenvalue weighted by Crippen LogP contribution is 2.24. The predicted octanol–water partition coefficient (Wildman–Crippen LogP) is 2.70. The molecule has 0 saturated heterocycles. The van der Waals surface area contributed by atoms with Gasteiger partial charge >= 0.3 is 0 Å². The molecule has 0 radical (unpaired) electrons. The van der Waals surface area contributed by atoms with Gasteiger partial charge in [0.15, 0.2) is 5.16 Å². The number of pyridine rings is 1. The van der Waals surface area contributed by atoms with Crippen LogP contribution < -0.4 is 5.32 Å². The fourth-order valence-corrected chi connectivity index (χ4v) is 3.11. The van der Waals surface area contributed by atoms with Crippen molar-refractivity contribution < 1.29 is 4.79 Å². The van der Waals surface area contributed by atoms with Crippen LogP contribution in [0.2, 0.25) is 0 Å². The Bertz CT molecular complexity index is 614. The summed E-state index contributed by atoms with van der Waals surface area (Å²) >= 11 is 1.42. The Morgan fingerprint density at radius 3 is 2.67 bits per heavy atom. The molecule has 2 heterocycles. The van der Waals surface area contributed by atoms with E-state index in [2.05, 4.69) is 20.3 Å². The van der Waals surface area contributed by atoms with Crippen molar-refractivity contribution in [2.75, 3.05) is 0 Å². The van der Waals surface area contributed by atoms with E-state index in [-0.39, 0.29) is 5.91 Å². The summed E-state index contributed by atoms with van der Waals surface area (Å²) in [6.45, 7) is 0. The lowest BCUT2D eigenvalue weighted by atomic mass is 10.2. The minimum Gasteiger partial charge on any atom is -0.348 e. The second-order valence-corrected chi connectivity index (χ2v) is 6.01. The van der Waals surface area contributed by atoms with Gasteiger partial charge in [-0.3, -0.25) is 9.78 Å². The minimum atomic E-state index is -0.0988. The summed E-state index contributed by atoms with van der Waals surface area (Å²) in [5, 5.41) is 3.70. The molecule has 0 aliphatic heterocycles. The van der Waals surface area contributed by atoms with Crippen molar-refractivity contribution in [3.05, 3.63) is 42.5 Å². The van der Waals surface area contributed by atoms with Gasteiger partial charge in [-0.25, -0.2) is 9.97 Å². The van der Waals surface area contributed by atoms with Crippen molar-refractivity contribution >= 4 is 17.7 Å². The Balaban J connectivity index is 1.69. The van der Waals surface area contributed by atoms with Crippen molar-refractivity contribution in [2.24, 2.45) is 0 Å². The molecule has 1 aliphatic rings. The van der Waals surface area contributed by atoms with Gasteiger partial charge in [0.05, 0.1) is 0 Å². The van der Waals surface area contributed by atoms with E-state index in [0.29, 0.717) is 16.9 Å². The molecular formula is C15H16N4OS. The van der Waals surface area contributed by atoms with E-state index in [1.807, 2.05) is 6.07 Å². The van der Waals surface area contributed by atoms with E-state index in [0.717, 1.165) is 17.7 Å². The topological polar surface area (TPSA) is 67.8 Å². The summed E-state index contributed by atoms with van der Waals surface area (Å²) in [4.78, 5) is 25.6. The molecule has 0 aromatic carbocycles. The molecular weight excluding hydrogens is 284 g/mol.